The molecule has 0 aromatic rings. The summed E-state index contributed by atoms with van der Waals surface area (Å²) in [4.78, 5) is 10.5. The lowest BCUT2D eigenvalue weighted by Gasteiger charge is -2.45. The SMILES string of the molecule is O=C([N+]([O-])(C(F)(F)F)C(F)(F)F)[N+]([O-])(C(F)(F)F)C(F)(F)F. The van der Waals surface area contributed by atoms with Crippen LogP contribution in [0.3, 0.4) is 0 Å². The van der Waals surface area contributed by atoms with Crippen LogP contribution in [0.15, 0.2) is 0 Å². The van der Waals surface area contributed by atoms with Crippen molar-refractivity contribution in [3.8, 4) is 0 Å². The molecule has 0 saturated heterocycles. The van der Waals surface area contributed by atoms with Gasteiger partial charge in [-0.1, -0.05) is 9.29 Å². The second-order valence-electron chi connectivity index (χ2n) is 3.37. The van der Waals surface area contributed by atoms with Gasteiger partial charge in [0.2, 0.25) is 0 Å². The van der Waals surface area contributed by atoms with Crippen LogP contribution in [-0.2, 0) is 0 Å². The van der Waals surface area contributed by atoms with E-state index in [1.165, 1.54) is 0 Å². The van der Waals surface area contributed by atoms with Gasteiger partial charge in [0.1, 0.15) is 0 Å². The van der Waals surface area contributed by atoms with Crippen LogP contribution in [0, 0.1) is 10.4 Å². The van der Waals surface area contributed by atoms with Gasteiger partial charge in [0.15, 0.2) is 0 Å². The van der Waals surface area contributed by atoms with Gasteiger partial charge in [0, 0.05) is 0 Å². The van der Waals surface area contributed by atoms with E-state index in [2.05, 4.69) is 0 Å². The van der Waals surface area contributed by atoms with Crippen LogP contribution in [0.5, 0.6) is 0 Å². The third kappa shape index (κ3) is 2.68. The molecule has 0 bridgehead atoms. The van der Waals surface area contributed by atoms with E-state index in [0.717, 1.165) is 0 Å². The van der Waals surface area contributed by atoms with Crippen LogP contribution < -0.4 is 0 Å². The van der Waals surface area contributed by atoms with Crippen LogP contribution in [0.25, 0.3) is 0 Å². The maximum atomic E-state index is 12.0. The van der Waals surface area contributed by atoms with Gasteiger partial charge in [0.05, 0.1) is 0 Å². The van der Waals surface area contributed by atoms with E-state index >= 15 is 0 Å². The zero-order chi connectivity index (χ0) is 18.6. The fourth-order valence-corrected chi connectivity index (χ4v) is 0.920. The molecule has 0 aliphatic heterocycles. The minimum atomic E-state index is -7.56. The Labute approximate surface area is 110 Å². The Morgan fingerprint density at radius 1 is 0.545 bits per heavy atom. The highest BCUT2D eigenvalue weighted by molar-refractivity contribution is 5.61. The summed E-state index contributed by atoms with van der Waals surface area (Å²) in [5.74, 6) is 0. The number of nitrogens with zero attached hydrogens (tertiary/aromatic N) is 2. The molecule has 0 rings (SSSR count). The lowest BCUT2D eigenvalue weighted by atomic mass is 10.6. The summed E-state index contributed by atoms with van der Waals surface area (Å²) in [6, 6.07) is -5.33. The molecule has 5 nitrogen and oxygen atoms in total. The Balaban J connectivity index is 6.62. The highest BCUT2D eigenvalue weighted by Crippen LogP contribution is 2.50. The Hall–Kier alpha value is -1.33. The maximum Gasteiger partial charge on any atom is 0.580 e. The van der Waals surface area contributed by atoms with Crippen molar-refractivity contribution >= 4 is 6.03 Å². The first-order chi connectivity index (χ1) is 9.15. The minimum absolute atomic E-state index is 5.33. The highest BCUT2D eigenvalue weighted by Gasteiger charge is 2.84. The fourth-order valence-electron chi connectivity index (χ4n) is 0.920. The summed E-state index contributed by atoms with van der Waals surface area (Å²) in [5.41, 5.74) is 0. The lowest BCUT2D eigenvalue weighted by Crippen LogP contribution is -2.77. The predicted octanol–water partition coefficient (Wildman–Crippen LogP) is 3.81. The summed E-state index contributed by atoms with van der Waals surface area (Å²) in [6.45, 7) is 0. The molecule has 22 heavy (non-hydrogen) atoms. The third-order valence-corrected chi connectivity index (χ3v) is 1.97. The molecule has 0 fully saturated rings. The number of hydroxylamine groups is 6. The first-order valence-electron chi connectivity index (χ1n) is 4.18. The quantitative estimate of drug-likeness (QED) is 0.284. The van der Waals surface area contributed by atoms with Crippen LogP contribution >= 0.6 is 0 Å². The molecule has 0 saturated carbocycles. The van der Waals surface area contributed by atoms with Crippen molar-refractivity contribution in [3.63, 3.8) is 0 Å². The summed E-state index contributed by atoms with van der Waals surface area (Å²) in [5, 5.41) is 21.0. The fraction of sp³-hybridized carbons (Fsp3) is 0.800. The molecular weight excluding hydrogens is 364 g/mol. The Kier molecular flexibility index (Phi) is 4.54. The summed E-state index contributed by atoms with van der Waals surface area (Å²) in [7, 11) is 0. The number of quaternary nitrogens is 2. The van der Waals surface area contributed by atoms with Crippen LogP contribution in [0.4, 0.5) is 57.5 Å². The van der Waals surface area contributed by atoms with Crippen molar-refractivity contribution in [1.29, 1.82) is 0 Å². The molecule has 132 valence electrons. The van der Waals surface area contributed by atoms with Crippen molar-refractivity contribution in [3.05, 3.63) is 10.4 Å². The molecule has 2 amide bonds. The topological polar surface area (TPSA) is 63.2 Å². The van der Waals surface area contributed by atoms with Crippen molar-refractivity contribution in [2.24, 2.45) is 0 Å². The summed E-state index contributed by atoms with van der Waals surface area (Å²) >= 11 is 0. The molecule has 0 N–H and O–H groups in total. The molecule has 0 aromatic heterocycles. The van der Waals surface area contributed by atoms with Crippen molar-refractivity contribution in [2.75, 3.05) is 0 Å². The van der Waals surface area contributed by atoms with Crippen molar-refractivity contribution < 1.29 is 66.8 Å². The molecule has 0 aliphatic rings. The smallest absolute Gasteiger partial charge is 0.580 e. The first kappa shape index (κ1) is 20.7. The number of alkyl halides is 12. The number of carbonyl (C=O) groups is 1. The van der Waals surface area contributed by atoms with Gasteiger partial charge in [-0.2, -0.15) is 4.79 Å². The monoisotopic (exact) mass is 364 g/mol. The van der Waals surface area contributed by atoms with E-state index in [1.54, 1.807) is 0 Å². The molecule has 0 spiro atoms. The average Bonchev–Trinajstić information content (AvgIpc) is 2.19. The van der Waals surface area contributed by atoms with E-state index in [0.29, 0.717) is 0 Å². The molecule has 0 aromatic carbocycles. The van der Waals surface area contributed by atoms with Crippen LogP contribution in [-0.4, -0.2) is 40.5 Å². The van der Waals surface area contributed by atoms with E-state index < -0.39 is 40.5 Å². The van der Waals surface area contributed by atoms with Gasteiger partial charge in [-0.3, -0.25) is 0 Å². The normalized spacial score (nSPS) is 15.9. The molecular formula is C5F12N2O3. The van der Waals surface area contributed by atoms with E-state index in [-0.39, 0.29) is 0 Å². The van der Waals surface area contributed by atoms with Crippen LogP contribution in [0.1, 0.15) is 0 Å². The van der Waals surface area contributed by atoms with Gasteiger partial charge in [-0.15, -0.1) is 52.7 Å². The molecule has 0 heterocycles. The van der Waals surface area contributed by atoms with Gasteiger partial charge >= 0.3 is 31.2 Å². The molecule has 0 unspecified atom stereocenters. The largest absolute Gasteiger partial charge is 0.607 e. The second-order valence-corrected chi connectivity index (χ2v) is 3.37. The maximum absolute atomic E-state index is 12.0. The third-order valence-electron chi connectivity index (χ3n) is 1.97. The number of hydrogen-bond acceptors (Lipinski definition) is 3. The number of hydrogen-bond donors (Lipinski definition) is 0. The zero-order valence-electron chi connectivity index (χ0n) is 9.15. The minimum Gasteiger partial charge on any atom is -0.607 e. The van der Waals surface area contributed by atoms with Crippen LogP contribution in [0.2, 0.25) is 0 Å². The van der Waals surface area contributed by atoms with Crippen molar-refractivity contribution in [1.82, 2.24) is 0 Å². The van der Waals surface area contributed by atoms with Crippen molar-refractivity contribution in [2.45, 2.75) is 25.2 Å². The molecule has 17 heteroatoms. The summed E-state index contributed by atoms with van der Waals surface area (Å²) < 4.78 is 131. The first-order valence-corrected chi connectivity index (χ1v) is 4.18. The van der Waals surface area contributed by atoms with E-state index in [4.69, 9.17) is 0 Å². The van der Waals surface area contributed by atoms with E-state index in [9.17, 15) is 67.9 Å². The Morgan fingerprint density at radius 2 is 0.682 bits per heavy atom. The zero-order valence-corrected chi connectivity index (χ0v) is 9.15. The second kappa shape index (κ2) is 4.83. The Bertz CT molecular complexity index is 376. The number of urea groups is 1. The molecule has 0 aliphatic carbocycles. The van der Waals surface area contributed by atoms with Gasteiger partial charge in [-0.25, -0.2) is 0 Å². The Morgan fingerprint density at radius 3 is 0.773 bits per heavy atom. The molecule has 0 radical (unpaired) electrons. The number of halogens is 12. The highest BCUT2D eigenvalue weighted by atomic mass is 19.4. The summed E-state index contributed by atoms with van der Waals surface area (Å²) in [6.07, 6.45) is -30.2. The average molecular weight is 364 g/mol. The van der Waals surface area contributed by atoms with Gasteiger partial charge < -0.3 is 10.4 Å². The number of rotatable bonds is 0. The standard InChI is InChI=1S/C5F12N2O3/c6-2(7,8)18(21,3(9,10)11)1(20)19(22,4(12,13)14)5(15,16)17. The van der Waals surface area contributed by atoms with Gasteiger partial charge in [-0.05, 0) is 0 Å². The van der Waals surface area contributed by atoms with Gasteiger partial charge in [0.25, 0.3) is 0 Å². The predicted molar refractivity (Wildman–Crippen MR) is 36.9 cm³/mol. The lowest BCUT2D eigenvalue weighted by molar-refractivity contribution is -1.11. The van der Waals surface area contributed by atoms with E-state index in [1.807, 2.05) is 0 Å². The number of carbonyl (C=O) groups excluding carboxylic acids is 1. The number of amides is 2. The molecule has 0 atom stereocenters.